The number of benzene rings is 1. The summed E-state index contributed by atoms with van der Waals surface area (Å²) in [5.41, 5.74) is 4.10. The molecule has 2 aromatic rings. The zero-order valence-corrected chi connectivity index (χ0v) is 11.4. The van der Waals surface area contributed by atoms with E-state index in [1.165, 1.54) is 6.07 Å². The molecule has 0 saturated carbocycles. The summed E-state index contributed by atoms with van der Waals surface area (Å²) in [4.78, 5) is 21.1. The molecule has 0 unspecified atom stereocenters. The third kappa shape index (κ3) is 2.55. The van der Waals surface area contributed by atoms with E-state index in [9.17, 15) is 23.7 Å². The van der Waals surface area contributed by atoms with E-state index in [1.54, 1.807) is 0 Å². The number of thiophene rings is 1. The van der Waals surface area contributed by atoms with Crippen LogP contribution in [-0.2, 0) is 4.74 Å². The van der Waals surface area contributed by atoms with E-state index < -0.39 is 33.8 Å². The van der Waals surface area contributed by atoms with Crippen molar-refractivity contribution in [3.63, 3.8) is 0 Å². The monoisotopic (exact) mass is 314 g/mol. The highest BCUT2D eigenvalue weighted by atomic mass is 32.1. The number of nitrogens with zero attached hydrogens (tertiary/aromatic N) is 1. The molecule has 2 rings (SSSR count). The van der Waals surface area contributed by atoms with E-state index >= 15 is 0 Å². The van der Waals surface area contributed by atoms with Gasteiger partial charge < -0.3 is 10.5 Å². The number of hydrogen-bond acceptors (Lipinski definition) is 6. The molecule has 2 N–H and O–H groups in total. The van der Waals surface area contributed by atoms with Gasteiger partial charge in [-0.3, -0.25) is 10.1 Å². The number of esters is 1. The molecule has 0 amide bonds. The van der Waals surface area contributed by atoms with Crippen LogP contribution in [0.4, 0.5) is 20.2 Å². The fourth-order valence-corrected chi connectivity index (χ4v) is 2.73. The van der Waals surface area contributed by atoms with Crippen molar-refractivity contribution >= 4 is 28.7 Å². The minimum Gasteiger partial charge on any atom is -0.465 e. The van der Waals surface area contributed by atoms with Crippen LogP contribution in [0.3, 0.4) is 0 Å². The highest BCUT2D eigenvalue weighted by molar-refractivity contribution is 7.18. The van der Waals surface area contributed by atoms with E-state index in [1.807, 2.05) is 0 Å². The second-order valence-corrected chi connectivity index (χ2v) is 4.95. The van der Waals surface area contributed by atoms with E-state index in [2.05, 4.69) is 4.74 Å². The average Bonchev–Trinajstić information content (AvgIpc) is 2.79. The van der Waals surface area contributed by atoms with E-state index in [0.717, 1.165) is 19.2 Å². The Morgan fingerprint density at radius 3 is 2.67 bits per heavy atom. The smallest absolute Gasteiger partial charge is 0.350 e. The number of rotatable bonds is 3. The van der Waals surface area contributed by atoms with Gasteiger partial charge in [-0.1, -0.05) is 0 Å². The highest BCUT2D eigenvalue weighted by Gasteiger charge is 2.25. The van der Waals surface area contributed by atoms with Crippen molar-refractivity contribution in [1.82, 2.24) is 0 Å². The molecule has 1 aromatic carbocycles. The lowest BCUT2D eigenvalue weighted by Crippen LogP contribution is -2.00. The van der Waals surface area contributed by atoms with Gasteiger partial charge in [-0.05, 0) is 12.1 Å². The summed E-state index contributed by atoms with van der Waals surface area (Å²) >= 11 is 0.692. The summed E-state index contributed by atoms with van der Waals surface area (Å²) in [6.07, 6.45) is 0. The number of carbonyl (C=O) groups is 1. The molecule has 9 heteroatoms. The number of carbonyl (C=O) groups excluding carboxylic acids is 1. The average molecular weight is 314 g/mol. The van der Waals surface area contributed by atoms with Crippen LogP contribution in [0, 0.1) is 21.7 Å². The van der Waals surface area contributed by atoms with Gasteiger partial charge in [-0.15, -0.1) is 11.3 Å². The summed E-state index contributed by atoms with van der Waals surface area (Å²) < 4.78 is 32.3. The normalized spacial score (nSPS) is 10.4. The molecule has 0 atom stereocenters. The molecule has 0 spiro atoms. The largest absolute Gasteiger partial charge is 0.465 e. The first kappa shape index (κ1) is 14.9. The first-order valence-corrected chi connectivity index (χ1v) is 6.28. The van der Waals surface area contributed by atoms with Crippen LogP contribution in [-0.4, -0.2) is 18.0 Å². The molecule has 0 aliphatic carbocycles. The molecule has 1 heterocycles. The maximum Gasteiger partial charge on any atom is 0.350 e. The minimum atomic E-state index is -1.32. The van der Waals surface area contributed by atoms with Gasteiger partial charge in [0.2, 0.25) is 5.82 Å². The van der Waals surface area contributed by atoms with Crippen LogP contribution in [0.25, 0.3) is 10.4 Å². The van der Waals surface area contributed by atoms with Crippen LogP contribution in [0.1, 0.15) is 9.67 Å². The summed E-state index contributed by atoms with van der Waals surface area (Å²) in [5.74, 6) is -3.07. The maximum atomic E-state index is 14.1. The van der Waals surface area contributed by atoms with Crippen molar-refractivity contribution < 1.29 is 23.2 Å². The van der Waals surface area contributed by atoms with Crippen molar-refractivity contribution in [2.24, 2.45) is 0 Å². The summed E-state index contributed by atoms with van der Waals surface area (Å²) in [5, 5.41) is 10.7. The van der Waals surface area contributed by atoms with Gasteiger partial charge in [0.15, 0.2) is 0 Å². The van der Waals surface area contributed by atoms with Gasteiger partial charge in [-0.2, -0.15) is 4.39 Å². The van der Waals surface area contributed by atoms with Crippen molar-refractivity contribution in [3.05, 3.63) is 44.8 Å². The molecule has 6 nitrogen and oxygen atoms in total. The SMILES string of the molecule is COC(=O)c1sc(-c2c(F)ccc([N+](=O)[O-])c2F)cc1N. The molecular formula is C12H8F2N2O4S. The number of nitrogen functional groups attached to an aromatic ring is 1. The fraction of sp³-hybridized carbons (Fsp3) is 0.0833. The van der Waals surface area contributed by atoms with E-state index in [4.69, 9.17) is 5.73 Å². The number of methoxy groups -OCH3 is 1. The summed E-state index contributed by atoms with van der Waals surface area (Å²) in [6.45, 7) is 0. The van der Waals surface area contributed by atoms with E-state index in [0.29, 0.717) is 11.3 Å². The predicted octanol–water partition coefficient (Wildman–Crippen LogP) is 2.97. The number of anilines is 1. The standard InChI is InChI=1S/C12H8F2N2O4S/c1-20-12(17)11-6(15)4-8(21-11)9-5(13)2-3-7(10(9)14)16(18)19/h2-4H,15H2,1H3. The Labute approximate surface area is 120 Å². The highest BCUT2D eigenvalue weighted by Crippen LogP contribution is 2.38. The summed E-state index contributed by atoms with van der Waals surface area (Å²) in [7, 11) is 1.13. The Hall–Kier alpha value is -2.55. The first-order chi connectivity index (χ1) is 9.86. The number of nitro benzene ring substituents is 1. The van der Waals surface area contributed by atoms with Crippen LogP contribution in [0.2, 0.25) is 0 Å². The Morgan fingerprint density at radius 2 is 2.10 bits per heavy atom. The molecule has 0 aliphatic rings. The van der Waals surface area contributed by atoms with Crippen LogP contribution in [0.5, 0.6) is 0 Å². The lowest BCUT2D eigenvalue weighted by Gasteiger charge is -2.02. The van der Waals surface area contributed by atoms with Gasteiger partial charge >= 0.3 is 11.7 Å². The fourth-order valence-electron chi connectivity index (χ4n) is 1.69. The Kier molecular flexibility index (Phi) is 3.85. The molecule has 0 aliphatic heterocycles. The topological polar surface area (TPSA) is 95.5 Å². The van der Waals surface area contributed by atoms with Gasteiger partial charge in [0, 0.05) is 10.9 Å². The predicted molar refractivity (Wildman–Crippen MR) is 72.1 cm³/mol. The third-order valence-electron chi connectivity index (χ3n) is 2.65. The van der Waals surface area contributed by atoms with Gasteiger partial charge in [0.1, 0.15) is 10.7 Å². The van der Waals surface area contributed by atoms with Crippen LogP contribution in [0.15, 0.2) is 18.2 Å². The van der Waals surface area contributed by atoms with Crippen molar-refractivity contribution in [2.45, 2.75) is 0 Å². The summed E-state index contributed by atoms with van der Waals surface area (Å²) in [6, 6.07) is 2.68. The van der Waals surface area contributed by atoms with Gasteiger partial charge in [0.05, 0.1) is 23.3 Å². The Balaban J connectivity index is 2.65. The molecule has 0 radical (unpaired) electrons. The van der Waals surface area contributed by atoms with Crippen LogP contribution >= 0.6 is 11.3 Å². The Bertz CT molecular complexity index is 745. The molecule has 0 fully saturated rings. The molecule has 110 valence electrons. The Morgan fingerprint density at radius 1 is 1.43 bits per heavy atom. The lowest BCUT2D eigenvalue weighted by atomic mass is 10.1. The zero-order valence-electron chi connectivity index (χ0n) is 10.6. The van der Waals surface area contributed by atoms with E-state index in [-0.39, 0.29) is 15.4 Å². The quantitative estimate of drug-likeness (QED) is 0.534. The maximum absolute atomic E-state index is 14.1. The molecule has 1 aromatic heterocycles. The lowest BCUT2D eigenvalue weighted by molar-refractivity contribution is -0.387. The molecular weight excluding hydrogens is 306 g/mol. The number of hydrogen-bond donors (Lipinski definition) is 1. The second kappa shape index (κ2) is 5.44. The third-order valence-corrected chi connectivity index (χ3v) is 3.79. The van der Waals surface area contributed by atoms with Crippen molar-refractivity contribution in [3.8, 4) is 10.4 Å². The molecule has 0 saturated heterocycles. The van der Waals surface area contributed by atoms with Gasteiger partial charge in [-0.25, -0.2) is 9.18 Å². The van der Waals surface area contributed by atoms with Crippen LogP contribution < -0.4 is 5.73 Å². The number of halogens is 2. The first-order valence-electron chi connectivity index (χ1n) is 5.47. The molecule has 21 heavy (non-hydrogen) atoms. The number of ether oxygens (including phenoxy) is 1. The number of nitro groups is 1. The minimum absolute atomic E-state index is 0.0212. The molecule has 0 bridgehead atoms. The second-order valence-electron chi connectivity index (χ2n) is 3.90. The number of nitrogens with two attached hydrogens (primary N) is 1. The zero-order chi connectivity index (χ0) is 15.7. The van der Waals surface area contributed by atoms with Crippen molar-refractivity contribution in [2.75, 3.05) is 12.8 Å². The van der Waals surface area contributed by atoms with Gasteiger partial charge in [0.25, 0.3) is 0 Å². The van der Waals surface area contributed by atoms with Crippen molar-refractivity contribution in [1.29, 1.82) is 0 Å².